The highest BCUT2D eigenvalue weighted by Crippen LogP contribution is 2.57. The van der Waals surface area contributed by atoms with Gasteiger partial charge in [0.2, 0.25) is 0 Å². The summed E-state index contributed by atoms with van der Waals surface area (Å²) in [5.41, 5.74) is -3.62. The van der Waals surface area contributed by atoms with Crippen LogP contribution in [0.4, 0.5) is 0 Å². The van der Waals surface area contributed by atoms with Crippen LogP contribution in [0.3, 0.4) is 0 Å². The summed E-state index contributed by atoms with van der Waals surface area (Å²) in [6.45, 7) is 22.6. The van der Waals surface area contributed by atoms with Gasteiger partial charge in [-0.3, -0.25) is 14.4 Å². The number of esters is 3. The van der Waals surface area contributed by atoms with Gasteiger partial charge in [0.15, 0.2) is 0 Å². The van der Waals surface area contributed by atoms with Gasteiger partial charge in [-0.15, -0.1) is 0 Å². The molecule has 0 aliphatic carbocycles. The van der Waals surface area contributed by atoms with Crippen molar-refractivity contribution in [3.63, 3.8) is 0 Å². The summed E-state index contributed by atoms with van der Waals surface area (Å²) in [5, 5.41) is 11.1. The second-order valence-electron chi connectivity index (χ2n) is 19.5. The molecule has 9 nitrogen and oxygen atoms in total. The first kappa shape index (κ1) is 47.4. The van der Waals surface area contributed by atoms with Crippen molar-refractivity contribution in [1.82, 2.24) is 16.0 Å². The molecule has 3 aliphatic heterocycles. The number of carbonyl (C=O) groups is 3. The van der Waals surface area contributed by atoms with Crippen molar-refractivity contribution in [3.8, 4) is 0 Å². The number of rotatable bonds is 6. The monoisotopic (exact) mass is 750 g/mol. The Morgan fingerprint density at radius 3 is 1.13 bits per heavy atom. The fourth-order valence-electron chi connectivity index (χ4n) is 8.70. The van der Waals surface area contributed by atoms with E-state index < -0.39 is 27.6 Å². The third-order valence-electron chi connectivity index (χ3n) is 11.0. The zero-order valence-corrected chi connectivity index (χ0v) is 35.9. The molecule has 3 saturated heterocycles. The first-order valence-corrected chi connectivity index (χ1v) is 21.6. The van der Waals surface area contributed by atoms with Crippen molar-refractivity contribution in [1.29, 1.82) is 0 Å². The van der Waals surface area contributed by atoms with Gasteiger partial charge >= 0.3 is 17.9 Å². The summed E-state index contributed by atoms with van der Waals surface area (Å²) in [7, 11) is 0. The largest absolute Gasteiger partial charge is 0.460 e. The van der Waals surface area contributed by atoms with Crippen molar-refractivity contribution in [2.24, 2.45) is 16.7 Å². The lowest BCUT2D eigenvalue weighted by atomic mass is 9.52. The van der Waals surface area contributed by atoms with Crippen molar-refractivity contribution < 1.29 is 28.6 Å². The predicted octanol–water partition coefficient (Wildman–Crippen LogP) is 9.20. The Kier molecular flexibility index (Phi) is 20.9. The molecular formula is C44H83N3O6. The molecule has 0 saturated carbocycles. The molecule has 0 amide bonds. The van der Waals surface area contributed by atoms with Gasteiger partial charge < -0.3 is 30.2 Å². The van der Waals surface area contributed by atoms with Crippen LogP contribution in [-0.2, 0) is 28.6 Å². The first-order valence-electron chi connectivity index (χ1n) is 21.6. The minimum absolute atomic E-state index is 0.0458. The SMILES string of the molecule is CC(C)(C)OC(=O)CC12CCCCNCCCCC(CCCCNCCCC1)CCCCNCCCC2(CC(=O)OC(C)(C)C)CC(=O)OC(C)(C)C. The van der Waals surface area contributed by atoms with Crippen molar-refractivity contribution in [3.05, 3.63) is 0 Å². The van der Waals surface area contributed by atoms with Crippen LogP contribution in [0.1, 0.15) is 191 Å². The topological polar surface area (TPSA) is 115 Å². The average molecular weight is 750 g/mol. The molecule has 53 heavy (non-hydrogen) atoms. The molecule has 3 fully saturated rings. The van der Waals surface area contributed by atoms with Gasteiger partial charge in [0.25, 0.3) is 0 Å². The zero-order valence-electron chi connectivity index (χ0n) is 35.9. The van der Waals surface area contributed by atoms with Crippen LogP contribution in [0, 0.1) is 16.7 Å². The molecule has 0 spiro atoms. The average Bonchev–Trinajstić information content (AvgIpc) is 2.99. The maximum Gasteiger partial charge on any atom is 0.306 e. The number of carbonyl (C=O) groups excluding carboxylic acids is 3. The van der Waals surface area contributed by atoms with Gasteiger partial charge in [0, 0.05) is 0 Å². The lowest BCUT2D eigenvalue weighted by molar-refractivity contribution is -0.176. The van der Waals surface area contributed by atoms with E-state index in [-0.39, 0.29) is 37.2 Å². The van der Waals surface area contributed by atoms with Crippen LogP contribution >= 0.6 is 0 Å². The smallest absolute Gasteiger partial charge is 0.306 e. The number of hydrogen-bond donors (Lipinski definition) is 3. The van der Waals surface area contributed by atoms with Crippen LogP contribution in [0.5, 0.6) is 0 Å². The Bertz CT molecular complexity index is 1000. The van der Waals surface area contributed by atoms with Gasteiger partial charge in [0.05, 0.1) is 19.3 Å². The quantitative estimate of drug-likeness (QED) is 0.181. The Morgan fingerprint density at radius 1 is 0.453 bits per heavy atom. The molecule has 3 aliphatic rings. The molecule has 310 valence electrons. The lowest BCUT2D eigenvalue weighted by Crippen LogP contribution is -2.49. The Morgan fingerprint density at radius 2 is 0.774 bits per heavy atom. The van der Waals surface area contributed by atoms with Crippen LogP contribution in [0.15, 0.2) is 0 Å². The maximum atomic E-state index is 14.2. The third-order valence-corrected chi connectivity index (χ3v) is 11.0. The molecular weight excluding hydrogens is 666 g/mol. The van der Waals surface area contributed by atoms with Gasteiger partial charge in [-0.05, 0) is 176 Å². The van der Waals surface area contributed by atoms with E-state index in [1.807, 2.05) is 62.3 Å². The Balaban J connectivity index is 2.74. The molecule has 0 aromatic carbocycles. The highest BCUT2D eigenvalue weighted by atomic mass is 16.6. The van der Waals surface area contributed by atoms with Crippen molar-refractivity contribution in [2.75, 3.05) is 39.3 Å². The summed E-state index contributed by atoms with van der Waals surface area (Å²) in [4.78, 5) is 42.4. The standard InChI is InChI=1S/C44H83N3O6/c1-40(2,3)51-37(48)33-43-24-13-18-30-45-27-15-10-21-36(22-11-16-28-46-31-19-14-25-43)23-12-17-29-47-32-20-26-44(43,34-38(49)52-41(4,5)6)35-39(50)53-42(7,8)9/h36,45-47H,10-35H2,1-9H3. The second-order valence-corrected chi connectivity index (χ2v) is 19.5. The van der Waals surface area contributed by atoms with Crippen LogP contribution in [-0.4, -0.2) is 74.0 Å². The first-order chi connectivity index (χ1) is 24.8. The van der Waals surface area contributed by atoms with Crippen LogP contribution < -0.4 is 16.0 Å². The highest BCUT2D eigenvalue weighted by Gasteiger charge is 2.54. The second kappa shape index (κ2) is 23.4. The summed E-state index contributed by atoms with van der Waals surface area (Å²) < 4.78 is 18.2. The number of ether oxygens (including phenoxy) is 3. The zero-order chi connectivity index (χ0) is 39.4. The fourth-order valence-corrected chi connectivity index (χ4v) is 8.70. The minimum atomic E-state index is -0.883. The van der Waals surface area contributed by atoms with E-state index in [0.717, 1.165) is 83.7 Å². The van der Waals surface area contributed by atoms with Crippen molar-refractivity contribution in [2.45, 2.75) is 208 Å². The van der Waals surface area contributed by atoms with Crippen LogP contribution in [0.25, 0.3) is 0 Å². The van der Waals surface area contributed by atoms with Crippen molar-refractivity contribution >= 4 is 17.9 Å². The van der Waals surface area contributed by atoms with E-state index in [2.05, 4.69) is 16.0 Å². The van der Waals surface area contributed by atoms with E-state index in [0.29, 0.717) is 19.3 Å². The number of fused-ring (bicyclic) bond motifs is 24. The third kappa shape index (κ3) is 20.7. The molecule has 0 atom stereocenters. The fraction of sp³-hybridized carbons (Fsp3) is 0.932. The lowest BCUT2D eigenvalue weighted by Gasteiger charge is -2.51. The van der Waals surface area contributed by atoms with E-state index in [9.17, 15) is 14.4 Å². The van der Waals surface area contributed by atoms with E-state index in [4.69, 9.17) is 14.2 Å². The highest BCUT2D eigenvalue weighted by molar-refractivity contribution is 5.76. The molecule has 3 heterocycles. The van der Waals surface area contributed by atoms with E-state index >= 15 is 0 Å². The molecule has 0 aromatic rings. The molecule has 2 bridgehead atoms. The molecule has 3 rings (SSSR count). The van der Waals surface area contributed by atoms with Gasteiger partial charge in [0.1, 0.15) is 16.8 Å². The number of hydrogen-bond acceptors (Lipinski definition) is 9. The minimum Gasteiger partial charge on any atom is -0.460 e. The molecule has 0 radical (unpaired) electrons. The number of nitrogens with one attached hydrogen (secondary N) is 3. The Hall–Kier alpha value is -1.71. The normalized spacial score (nSPS) is 24.7. The van der Waals surface area contributed by atoms with Crippen LogP contribution in [0.2, 0.25) is 0 Å². The van der Waals surface area contributed by atoms with Gasteiger partial charge in [-0.2, -0.15) is 0 Å². The summed E-state index contributed by atoms with van der Waals surface area (Å²) in [6, 6.07) is 0. The van der Waals surface area contributed by atoms with Gasteiger partial charge in [-0.1, -0.05) is 51.4 Å². The predicted molar refractivity (Wildman–Crippen MR) is 217 cm³/mol. The van der Waals surface area contributed by atoms with E-state index in [1.165, 1.54) is 51.4 Å². The summed E-state index contributed by atoms with van der Waals surface area (Å²) >= 11 is 0. The molecule has 0 unspecified atom stereocenters. The molecule has 3 N–H and O–H groups in total. The Labute approximate surface area is 325 Å². The molecule has 9 heteroatoms. The van der Waals surface area contributed by atoms with Gasteiger partial charge in [-0.25, -0.2) is 0 Å². The van der Waals surface area contributed by atoms with E-state index in [1.54, 1.807) is 0 Å². The summed E-state index contributed by atoms with van der Waals surface area (Å²) in [6.07, 6.45) is 17.9. The maximum absolute atomic E-state index is 14.2. The summed E-state index contributed by atoms with van der Waals surface area (Å²) in [5.74, 6) is -0.119. The molecule has 0 aromatic heterocycles.